The molecule has 0 atom stereocenters. The number of halogens is 4. The smallest absolute Gasteiger partial charge is 0.255 e. The van der Waals surface area contributed by atoms with Gasteiger partial charge in [0.15, 0.2) is 0 Å². The Morgan fingerprint density at radius 3 is 2.28 bits per heavy atom. The molecule has 1 saturated heterocycles. The van der Waals surface area contributed by atoms with E-state index in [1.165, 1.54) is 12.1 Å². The first-order valence-corrected chi connectivity index (χ1v) is 14.9. The zero-order valence-electron chi connectivity index (χ0n) is 23.1. The molecule has 224 valence electrons. The number of carbonyl (C=O) groups excluding carboxylic acids is 2. The number of aliphatic hydroxyl groups is 1. The van der Waals surface area contributed by atoms with Crippen molar-refractivity contribution < 1.29 is 19.1 Å². The zero-order valence-corrected chi connectivity index (χ0v) is 25.4. The third-order valence-electron chi connectivity index (χ3n) is 7.87. The highest BCUT2D eigenvalue weighted by molar-refractivity contribution is 6.36. The summed E-state index contributed by atoms with van der Waals surface area (Å²) in [4.78, 5) is 28.4. The summed E-state index contributed by atoms with van der Waals surface area (Å²) in [5, 5.41) is 14.7. The maximum Gasteiger partial charge on any atom is 0.255 e. The van der Waals surface area contributed by atoms with E-state index in [9.17, 15) is 19.1 Å². The van der Waals surface area contributed by atoms with E-state index in [2.05, 4.69) is 5.32 Å². The van der Waals surface area contributed by atoms with Gasteiger partial charge in [-0.3, -0.25) is 14.9 Å². The lowest BCUT2D eigenvalue weighted by Gasteiger charge is -2.40. The number of rotatable bonds is 9. The monoisotopic (exact) mass is 642 g/mol. The molecule has 1 fully saturated rings. The molecule has 11 heteroatoms. The molecule has 5 rings (SSSR count). The number of primary amides is 1. The number of aromatic nitrogens is 1. The van der Waals surface area contributed by atoms with Gasteiger partial charge in [0.25, 0.3) is 5.91 Å². The van der Waals surface area contributed by atoms with Crippen LogP contribution in [0.25, 0.3) is 16.9 Å². The van der Waals surface area contributed by atoms with Crippen LogP contribution in [0.3, 0.4) is 0 Å². The van der Waals surface area contributed by atoms with E-state index in [4.69, 9.17) is 40.5 Å². The van der Waals surface area contributed by atoms with Crippen LogP contribution in [0.5, 0.6) is 0 Å². The van der Waals surface area contributed by atoms with Gasteiger partial charge in [-0.15, -0.1) is 0 Å². The Hall–Kier alpha value is -3.40. The van der Waals surface area contributed by atoms with E-state index in [0.717, 1.165) is 5.69 Å². The van der Waals surface area contributed by atoms with Gasteiger partial charge in [0.1, 0.15) is 11.4 Å². The van der Waals surface area contributed by atoms with Crippen LogP contribution in [0, 0.1) is 5.82 Å². The molecule has 0 radical (unpaired) electrons. The average Bonchev–Trinajstić information content (AvgIpc) is 3.35. The second kappa shape index (κ2) is 13.1. The fourth-order valence-corrected chi connectivity index (χ4v) is 6.19. The van der Waals surface area contributed by atoms with Gasteiger partial charge < -0.3 is 20.3 Å². The summed E-state index contributed by atoms with van der Waals surface area (Å²) in [5.74, 6) is -1.13. The number of amides is 2. The maximum atomic E-state index is 14.1. The van der Waals surface area contributed by atoms with Crippen LogP contribution in [0.4, 0.5) is 4.39 Å². The molecular formula is C32H30Cl3FN4O3. The number of likely N-dealkylation sites (tertiary alicyclic amines) is 1. The summed E-state index contributed by atoms with van der Waals surface area (Å²) in [5.41, 5.74) is 8.53. The highest BCUT2D eigenvalue weighted by atomic mass is 35.5. The minimum absolute atomic E-state index is 0.194. The molecule has 0 aliphatic carbocycles. The lowest BCUT2D eigenvalue weighted by atomic mass is 9.86. The van der Waals surface area contributed by atoms with E-state index >= 15 is 0 Å². The lowest BCUT2D eigenvalue weighted by Crippen LogP contribution is -2.61. The quantitative estimate of drug-likeness (QED) is 0.207. The van der Waals surface area contributed by atoms with Crippen LogP contribution < -0.4 is 11.1 Å². The normalized spacial score (nSPS) is 14.6. The van der Waals surface area contributed by atoms with Gasteiger partial charge >= 0.3 is 0 Å². The molecule has 2 heterocycles. The number of piperidine rings is 1. The van der Waals surface area contributed by atoms with Crippen molar-refractivity contribution in [1.82, 2.24) is 14.8 Å². The van der Waals surface area contributed by atoms with Gasteiger partial charge in [0, 0.05) is 59.7 Å². The number of hydrogen-bond donors (Lipinski definition) is 3. The van der Waals surface area contributed by atoms with Gasteiger partial charge in [-0.25, -0.2) is 4.39 Å². The van der Waals surface area contributed by atoms with Crippen molar-refractivity contribution in [3.8, 4) is 16.9 Å². The van der Waals surface area contributed by atoms with Gasteiger partial charge in [-0.2, -0.15) is 0 Å². The molecule has 0 bridgehead atoms. The van der Waals surface area contributed by atoms with Crippen LogP contribution in [0.15, 0.2) is 72.8 Å². The highest BCUT2D eigenvalue weighted by Crippen LogP contribution is 2.37. The van der Waals surface area contributed by atoms with Gasteiger partial charge in [-0.1, -0.05) is 46.9 Å². The standard InChI is InChI=1S/C32H30Cl3FN4O3/c33-21-4-7-24(8-5-21)40-28(10-15-41)26(18-29(40)25-9-6-22(34)17-27(25)35)30(42)39-13-11-32(12-14-39,31(37)43)38-19-20-2-1-3-23(36)16-20/h1-9,16-18,38,41H,10-15,19H2,(H2,37,43). The Morgan fingerprint density at radius 1 is 0.953 bits per heavy atom. The highest BCUT2D eigenvalue weighted by Gasteiger charge is 2.41. The molecular weight excluding hydrogens is 614 g/mol. The van der Waals surface area contributed by atoms with Crippen molar-refractivity contribution in [3.05, 3.63) is 111 Å². The minimum atomic E-state index is -1.05. The summed E-state index contributed by atoms with van der Waals surface area (Å²) in [7, 11) is 0. The summed E-state index contributed by atoms with van der Waals surface area (Å²) < 4.78 is 15.6. The van der Waals surface area contributed by atoms with Gasteiger partial charge in [-0.05, 0) is 79.1 Å². The SMILES string of the molecule is NC(=O)C1(NCc2cccc(F)c2)CCN(C(=O)c2cc(-c3ccc(Cl)cc3Cl)n(-c3ccc(Cl)cc3)c2CCO)CC1. The Kier molecular flexibility index (Phi) is 9.44. The first-order valence-electron chi connectivity index (χ1n) is 13.8. The van der Waals surface area contributed by atoms with Gasteiger partial charge in [0.05, 0.1) is 16.3 Å². The lowest BCUT2D eigenvalue weighted by molar-refractivity contribution is -0.126. The maximum absolute atomic E-state index is 14.1. The molecule has 0 unspecified atom stereocenters. The molecule has 0 spiro atoms. The van der Waals surface area contributed by atoms with Crippen molar-refractivity contribution in [3.63, 3.8) is 0 Å². The van der Waals surface area contributed by atoms with Crippen LogP contribution in [-0.2, 0) is 17.8 Å². The molecule has 1 aliphatic rings. The second-order valence-corrected chi connectivity index (χ2v) is 11.8. The number of hydrogen-bond acceptors (Lipinski definition) is 4. The Morgan fingerprint density at radius 2 is 1.65 bits per heavy atom. The minimum Gasteiger partial charge on any atom is -0.396 e. The third-order valence-corrected chi connectivity index (χ3v) is 8.67. The summed E-state index contributed by atoms with van der Waals surface area (Å²) in [6.45, 7) is 0.588. The molecule has 1 aromatic heterocycles. The van der Waals surface area contributed by atoms with E-state index in [1.54, 1.807) is 53.4 Å². The first-order chi connectivity index (χ1) is 20.6. The predicted molar refractivity (Wildman–Crippen MR) is 167 cm³/mol. The molecule has 4 aromatic rings. The molecule has 7 nitrogen and oxygen atoms in total. The Labute approximate surface area is 264 Å². The molecule has 3 aromatic carbocycles. The van der Waals surface area contributed by atoms with Crippen LogP contribution in [0.1, 0.15) is 34.5 Å². The van der Waals surface area contributed by atoms with Crippen LogP contribution in [-0.4, -0.2) is 51.6 Å². The van der Waals surface area contributed by atoms with E-state index in [-0.39, 0.29) is 57.2 Å². The summed E-state index contributed by atoms with van der Waals surface area (Å²) in [6, 6.07) is 20.2. The number of carbonyl (C=O) groups is 2. The van der Waals surface area contributed by atoms with E-state index in [1.807, 2.05) is 16.7 Å². The topological polar surface area (TPSA) is 101 Å². The fourth-order valence-electron chi connectivity index (χ4n) is 5.56. The molecule has 1 aliphatic heterocycles. The Balaban J connectivity index is 1.47. The number of nitrogens with one attached hydrogen (secondary N) is 1. The average molecular weight is 644 g/mol. The number of benzene rings is 3. The number of nitrogens with two attached hydrogens (primary N) is 1. The fraction of sp³-hybridized carbons (Fsp3) is 0.250. The Bertz CT molecular complexity index is 1650. The molecule has 4 N–H and O–H groups in total. The first kappa shape index (κ1) is 31.0. The van der Waals surface area contributed by atoms with Crippen LogP contribution >= 0.6 is 34.8 Å². The summed E-state index contributed by atoms with van der Waals surface area (Å²) in [6.07, 6.45) is 0.766. The van der Waals surface area contributed by atoms with Crippen molar-refractivity contribution in [2.75, 3.05) is 19.7 Å². The number of nitrogens with zero attached hydrogens (tertiary/aromatic N) is 2. The summed E-state index contributed by atoms with van der Waals surface area (Å²) >= 11 is 19.0. The zero-order chi connectivity index (χ0) is 30.7. The van der Waals surface area contributed by atoms with Crippen molar-refractivity contribution in [1.29, 1.82) is 0 Å². The predicted octanol–water partition coefficient (Wildman–Crippen LogP) is 6.03. The van der Waals surface area contributed by atoms with Crippen molar-refractivity contribution in [2.45, 2.75) is 31.3 Å². The van der Waals surface area contributed by atoms with Crippen LogP contribution in [0.2, 0.25) is 15.1 Å². The third kappa shape index (κ3) is 6.59. The molecule has 43 heavy (non-hydrogen) atoms. The largest absolute Gasteiger partial charge is 0.396 e. The molecule has 2 amide bonds. The van der Waals surface area contributed by atoms with E-state index in [0.29, 0.717) is 43.1 Å². The number of aliphatic hydroxyl groups excluding tert-OH is 1. The van der Waals surface area contributed by atoms with Gasteiger partial charge in [0.2, 0.25) is 5.91 Å². The van der Waals surface area contributed by atoms with Crippen molar-refractivity contribution in [2.24, 2.45) is 5.73 Å². The van der Waals surface area contributed by atoms with E-state index < -0.39 is 11.4 Å². The molecule has 0 saturated carbocycles. The van der Waals surface area contributed by atoms with Crippen molar-refractivity contribution >= 4 is 46.6 Å². The second-order valence-electron chi connectivity index (χ2n) is 10.5.